The maximum absolute atomic E-state index is 2.22. The molecule has 0 aliphatic heterocycles. The lowest BCUT2D eigenvalue weighted by Crippen LogP contribution is -1.84. The third kappa shape index (κ3) is 4.51. The molecule has 0 aromatic rings. The van der Waals surface area contributed by atoms with Crippen LogP contribution in [0.15, 0.2) is 48.1 Å². The summed E-state index contributed by atoms with van der Waals surface area (Å²) in [6.45, 7) is 4.33. The molecule has 0 saturated heterocycles. The average Bonchev–Trinajstić information content (AvgIpc) is 2.58. The molecule has 0 bridgehead atoms. The number of rotatable bonds is 0. The Bertz CT molecular complexity index is 239. The zero-order valence-corrected chi connectivity index (χ0v) is 8.53. The third-order valence-corrected chi connectivity index (χ3v) is 2.11. The molecule has 0 aromatic carbocycles. The van der Waals surface area contributed by atoms with Gasteiger partial charge in [-0.1, -0.05) is 55.0 Å². The van der Waals surface area contributed by atoms with Crippen LogP contribution in [0, 0.1) is 5.92 Å². The second-order valence-corrected chi connectivity index (χ2v) is 3.60. The predicted molar refractivity (Wildman–Crippen MR) is 59.6 cm³/mol. The van der Waals surface area contributed by atoms with Gasteiger partial charge in [0.1, 0.15) is 0 Å². The number of hydrogen-bond acceptors (Lipinski definition) is 0. The first-order chi connectivity index (χ1) is 6.29. The minimum absolute atomic E-state index is 0.675. The van der Waals surface area contributed by atoms with Crippen molar-refractivity contribution in [2.75, 3.05) is 0 Å². The van der Waals surface area contributed by atoms with Crippen LogP contribution in [0.4, 0.5) is 0 Å². The van der Waals surface area contributed by atoms with E-state index in [2.05, 4.69) is 56.4 Å². The zero-order valence-electron chi connectivity index (χ0n) is 8.53. The molecule has 0 heterocycles. The topological polar surface area (TPSA) is 0 Å². The largest absolute Gasteiger partial charge is 0.0842 e. The van der Waals surface area contributed by atoms with Crippen molar-refractivity contribution in [2.24, 2.45) is 5.92 Å². The summed E-state index contributed by atoms with van der Waals surface area (Å²) in [5, 5.41) is 0. The Balaban J connectivity index is 0.000000132. The monoisotopic (exact) mass is 174 g/mol. The first-order valence-corrected chi connectivity index (χ1v) is 4.94. The van der Waals surface area contributed by atoms with Gasteiger partial charge in [-0.05, 0) is 25.7 Å². The highest BCUT2D eigenvalue weighted by atomic mass is 14.0. The van der Waals surface area contributed by atoms with Crippen molar-refractivity contribution >= 4 is 0 Å². The molecule has 0 N–H and O–H groups in total. The first kappa shape index (κ1) is 10.0. The molecule has 2 rings (SSSR count). The van der Waals surface area contributed by atoms with Crippen LogP contribution < -0.4 is 0 Å². The predicted octanol–water partition coefficient (Wildman–Crippen LogP) is 4.03. The molecular weight excluding hydrogens is 156 g/mol. The standard InChI is InChI=1S/C7H10.C6H8/c1-7-5-3-2-4-6-7;1-6-4-2-3-5-6/h3-7H,2H2,1H3;2-4H,5H2,1H3. The van der Waals surface area contributed by atoms with Crippen molar-refractivity contribution in [3.8, 4) is 0 Å². The molecule has 0 aromatic heterocycles. The quantitative estimate of drug-likeness (QED) is 0.486. The van der Waals surface area contributed by atoms with E-state index in [-0.39, 0.29) is 0 Å². The number of allylic oxidation sites excluding steroid dienone is 8. The summed E-state index contributed by atoms with van der Waals surface area (Å²) in [6, 6.07) is 0. The molecule has 0 nitrogen and oxygen atoms in total. The molecule has 0 atom stereocenters. The van der Waals surface area contributed by atoms with E-state index in [0.717, 1.165) is 6.42 Å². The Morgan fingerprint density at radius 1 is 1.15 bits per heavy atom. The zero-order chi connectivity index (χ0) is 9.52. The van der Waals surface area contributed by atoms with Crippen LogP contribution in [0.25, 0.3) is 0 Å². The first-order valence-electron chi connectivity index (χ1n) is 4.94. The van der Waals surface area contributed by atoms with Crippen molar-refractivity contribution < 1.29 is 0 Å². The Labute approximate surface area is 81.4 Å². The minimum atomic E-state index is 0.675. The van der Waals surface area contributed by atoms with Crippen LogP contribution in [0.5, 0.6) is 0 Å². The van der Waals surface area contributed by atoms with Gasteiger partial charge in [-0.3, -0.25) is 0 Å². The Morgan fingerprint density at radius 2 is 1.85 bits per heavy atom. The van der Waals surface area contributed by atoms with Gasteiger partial charge in [0.2, 0.25) is 0 Å². The van der Waals surface area contributed by atoms with Gasteiger partial charge < -0.3 is 0 Å². The van der Waals surface area contributed by atoms with E-state index in [4.69, 9.17) is 0 Å². The summed E-state index contributed by atoms with van der Waals surface area (Å²) in [7, 11) is 0. The Kier molecular flexibility index (Phi) is 4.31. The lowest BCUT2D eigenvalue weighted by atomic mass is 10.1. The summed E-state index contributed by atoms with van der Waals surface area (Å²) in [6.07, 6.45) is 17.5. The second kappa shape index (κ2) is 5.58. The maximum Gasteiger partial charge on any atom is -0.00817 e. The van der Waals surface area contributed by atoms with E-state index in [1.807, 2.05) is 0 Å². The summed E-state index contributed by atoms with van der Waals surface area (Å²) in [5.41, 5.74) is 1.47. The van der Waals surface area contributed by atoms with Crippen LogP contribution in [-0.4, -0.2) is 0 Å². The van der Waals surface area contributed by atoms with E-state index >= 15 is 0 Å². The normalized spacial score (nSPS) is 19.7. The van der Waals surface area contributed by atoms with Crippen molar-refractivity contribution in [3.05, 3.63) is 48.1 Å². The van der Waals surface area contributed by atoms with Gasteiger partial charge in [0.05, 0.1) is 0 Å². The fourth-order valence-corrected chi connectivity index (χ4v) is 1.28. The third-order valence-electron chi connectivity index (χ3n) is 2.11. The van der Waals surface area contributed by atoms with Gasteiger partial charge in [0.25, 0.3) is 0 Å². The molecule has 0 fully saturated rings. The molecule has 70 valence electrons. The molecule has 0 saturated carbocycles. The van der Waals surface area contributed by atoms with E-state index in [1.54, 1.807) is 0 Å². The van der Waals surface area contributed by atoms with Crippen LogP contribution in [-0.2, 0) is 0 Å². The number of hydrogen-bond donors (Lipinski definition) is 0. The molecule has 13 heavy (non-hydrogen) atoms. The van der Waals surface area contributed by atoms with Crippen molar-refractivity contribution in [3.63, 3.8) is 0 Å². The van der Waals surface area contributed by atoms with Crippen LogP contribution >= 0.6 is 0 Å². The molecular formula is C13H18. The van der Waals surface area contributed by atoms with Crippen LogP contribution in [0.3, 0.4) is 0 Å². The fourth-order valence-electron chi connectivity index (χ4n) is 1.28. The summed E-state index contributed by atoms with van der Waals surface area (Å²) in [5.74, 6) is 0.675. The summed E-state index contributed by atoms with van der Waals surface area (Å²) < 4.78 is 0. The second-order valence-electron chi connectivity index (χ2n) is 3.60. The van der Waals surface area contributed by atoms with E-state index in [1.165, 1.54) is 12.0 Å². The summed E-state index contributed by atoms with van der Waals surface area (Å²) in [4.78, 5) is 0. The molecule has 2 aliphatic rings. The fraction of sp³-hybridized carbons (Fsp3) is 0.385. The van der Waals surface area contributed by atoms with E-state index < -0.39 is 0 Å². The van der Waals surface area contributed by atoms with Crippen molar-refractivity contribution in [2.45, 2.75) is 26.7 Å². The van der Waals surface area contributed by atoms with Gasteiger partial charge in [-0.25, -0.2) is 0 Å². The summed E-state index contributed by atoms with van der Waals surface area (Å²) >= 11 is 0. The highest BCUT2D eigenvalue weighted by Crippen LogP contribution is 2.07. The highest BCUT2D eigenvalue weighted by molar-refractivity contribution is 5.20. The van der Waals surface area contributed by atoms with Gasteiger partial charge in [0.15, 0.2) is 0 Å². The van der Waals surface area contributed by atoms with Crippen molar-refractivity contribution in [1.82, 2.24) is 0 Å². The minimum Gasteiger partial charge on any atom is -0.0842 e. The smallest absolute Gasteiger partial charge is 0.00817 e. The highest BCUT2D eigenvalue weighted by Gasteiger charge is 1.90. The van der Waals surface area contributed by atoms with Crippen LogP contribution in [0.1, 0.15) is 26.7 Å². The SMILES string of the molecule is CC1=CC=CC1.CC1C=CCC=C1. The molecule has 0 heteroatoms. The molecule has 0 amide bonds. The molecule has 2 aliphatic carbocycles. The molecule has 0 unspecified atom stereocenters. The van der Waals surface area contributed by atoms with Crippen LogP contribution in [0.2, 0.25) is 0 Å². The molecule has 0 radical (unpaired) electrons. The van der Waals surface area contributed by atoms with Gasteiger partial charge in [-0.15, -0.1) is 0 Å². The lowest BCUT2D eigenvalue weighted by Gasteiger charge is -1.99. The van der Waals surface area contributed by atoms with Gasteiger partial charge in [-0.2, -0.15) is 0 Å². The van der Waals surface area contributed by atoms with Gasteiger partial charge >= 0.3 is 0 Å². The van der Waals surface area contributed by atoms with Crippen molar-refractivity contribution in [1.29, 1.82) is 0 Å². The lowest BCUT2D eigenvalue weighted by molar-refractivity contribution is 0.911. The van der Waals surface area contributed by atoms with E-state index in [0.29, 0.717) is 5.92 Å². The van der Waals surface area contributed by atoms with E-state index in [9.17, 15) is 0 Å². The molecule has 0 spiro atoms. The Hall–Kier alpha value is -1.04. The average molecular weight is 174 g/mol. The maximum atomic E-state index is 2.22. The Morgan fingerprint density at radius 3 is 2.08 bits per heavy atom. The van der Waals surface area contributed by atoms with Gasteiger partial charge in [0, 0.05) is 0 Å².